The van der Waals surface area contributed by atoms with Crippen molar-refractivity contribution in [3.05, 3.63) is 26.6 Å². The van der Waals surface area contributed by atoms with Crippen LogP contribution in [-0.4, -0.2) is 56.2 Å². The summed E-state index contributed by atoms with van der Waals surface area (Å²) in [6, 6.07) is 3.24. The fourth-order valence-electron chi connectivity index (χ4n) is 2.39. The van der Waals surface area contributed by atoms with Crippen molar-refractivity contribution in [1.29, 1.82) is 0 Å². The highest BCUT2D eigenvalue weighted by atomic mass is 79.9. The van der Waals surface area contributed by atoms with Crippen LogP contribution in [0.4, 0.5) is 0 Å². The van der Waals surface area contributed by atoms with Crippen LogP contribution in [0, 0.1) is 0 Å². The highest BCUT2D eigenvalue weighted by molar-refractivity contribution is 9.11. The van der Waals surface area contributed by atoms with E-state index in [1.54, 1.807) is 12.1 Å². The molecule has 1 saturated heterocycles. The third-order valence-electron chi connectivity index (χ3n) is 3.57. The van der Waals surface area contributed by atoms with Gasteiger partial charge >= 0.3 is 0 Å². The molecular formula is C15H20Br2N4O3. The van der Waals surface area contributed by atoms with Crippen LogP contribution in [0.3, 0.4) is 0 Å². The Morgan fingerprint density at radius 2 is 1.38 bits per heavy atom. The van der Waals surface area contributed by atoms with Gasteiger partial charge in [0.15, 0.2) is 0 Å². The van der Waals surface area contributed by atoms with Gasteiger partial charge in [-0.1, -0.05) is 15.9 Å². The Labute approximate surface area is 157 Å². The van der Waals surface area contributed by atoms with E-state index in [1.165, 1.54) is 0 Å². The van der Waals surface area contributed by atoms with Gasteiger partial charge in [-0.05, 0) is 28.1 Å². The van der Waals surface area contributed by atoms with Crippen molar-refractivity contribution in [1.82, 2.24) is 21.3 Å². The first-order valence-electron chi connectivity index (χ1n) is 7.65. The monoisotopic (exact) mass is 462 g/mol. The summed E-state index contributed by atoms with van der Waals surface area (Å²) >= 11 is 6.56. The predicted octanol–water partition coefficient (Wildman–Crippen LogP) is 0.426. The molecule has 1 aliphatic rings. The normalized spacial score (nSPS) is 18.8. The molecule has 0 aromatic heterocycles. The molecule has 5 N–H and O–H groups in total. The van der Waals surface area contributed by atoms with Crippen molar-refractivity contribution in [3.63, 3.8) is 0 Å². The molecule has 9 heteroatoms. The molecule has 1 fully saturated rings. The lowest BCUT2D eigenvalue weighted by atomic mass is 9.96. The molecule has 2 rings (SSSR count). The number of carbonyl (C=O) groups excluding carboxylic acids is 2. The zero-order chi connectivity index (χ0) is 17.5. The number of amides is 2. The first kappa shape index (κ1) is 19.2. The molecular weight excluding hydrogens is 444 g/mol. The topological polar surface area (TPSA) is 102 Å². The summed E-state index contributed by atoms with van der Waals surface area (Å²) in [6.07, 6.45) is 0. The predicted molar refractivity (Wildman–Crippen MR) is 98.0 cm³/mol. The maximum atomic E-state index is 12.5. The Kier molecular flexibility index (Phi) is 7.47. The van der Waals surface area contributed by atoms with Crippen molar-refractivity contribution in [2.24, 2.45) is 0 Å². The molecule has 7 nitrogen and oxygen atoms in total. The molecule has 132 valence electrons. The molecule has 0 bridgehead atoms. The van der Waals surface area contributed by atoms with Crippen LogP contribution < -0.4 is 21.3 Å². The molecule has 1 aromatic carbocycles. The zero-order valence-electron chi connectivity index (χ0n) is 13.0. The molecule has 1 aliphatic heterocycles. The standard InChI is InChI=1S/C15H20Br2N4O3/c16-9-7-10(13(22)11(17)8-9)12-14(23)20-5-3-18-1-2-19-4-6-21-15(12)24/h7-8,12,18-19,22H,1-6H2,(H,20,23)(H,21,24). The van der Waals surface area contributed by atoms with Crippen LogP contribution in [0.5, 0.6) is 5.75 Å². The maximum absolute atomic E-state index is 12.5. The third-order valence-corrected chi connectivity index (χ3v) is 4.64. The van der Waals surface area contributed by atoms with Crippen LogP contribution in [0.2, 0.25) is 0 Å². The fraction of sp³-hybridized carbons (Fsp3) is 0.467. The molecule has 0 spiro atoms. The Morgan fingerprint density at radius 1 is 0.875 bits per heavy atom. The summed E-state index contributed by atoms with van der Waals surface area (Å²) in [7, 11) is 0. The number of carbonyl (C=O) groups is 2. The van der Waals surface area contributed by atoms with Crippen molar-refractivity contribution in [2.75, 3.05) is 39.3 Å². The van der Waals surface area contributed by atoms with Crippen molar-refractivity contribution >= 4 is 43.7 Å². The minimum atomic E-state index is -1.13. The molecule has 24 heavy (non-hydrogen) atoms. The van der Waals surface area contributed by atoms with Crippen LogP contribution in [0.25, 0.3) is 0 Å². The van der Waals surface area contributed by atoms with Crippen molar-refractivity contribution in [2.45, 2.75) is 5.92 Å². The van der Waals surface area contributed by atoms with Gasteiger partial charge in [-0.25, -0.2) is 0 Å². The minimum absolute atomic E-state index is 0.117. The highest BCUT2D eigenvalue weighted by Crippen LogP contribution is 2.36. The van der Waals surface area contributed by atoms with Gasteiger partial charge in [-0.2, -0.15) is 0 Å². The van der Waals surface area contributed by atoms with Gasteiger partial charge in [0.05, 0.1) is 4.47 Å². The number of halogens is 2. The number of hydrogen-bond acceptors (Lipinski definition) is 5. The van der Waals surface area contributed by atoms with Gasteiger partial charge in [0.2, 0.25) is 11.8 Å². The van der Waals surface area contributed by atoms with Gasteiger partial charge in [-0.3, -0.25) is 9.59 Å². The average molecular weight is 464 g/mol. The maximum Gasteiger partial charge on any atom is 0.237 e. The lowest BCUT2D eigenvalue weighted by molar-refractivity contribution is -0.131. The summed E-state index contributed by atoms with van der Waals surface area (Å²) in [4.78, 5) is 25.1. The summed E-state index contributed by atoms with van der Waals surface area (Å²) in [5, 5.41) is 22.2. The number of phenols is 1. The Balaban J connectivity index is 2.29. The van der Waals surface area contributed by atoms with Gasteiger partial charge < -0.3 is 26.4 Å². The fourth-order valence-corrected chi connectivity index (χ4v) is 3.64. The van der Waals surface area contributed by atoms with E-state index in [4.69, 9.17) is 0 Å². The zero-order valence-corrected chi connectivity index (χ0v) is 16.2. The molecule has 2 amide bonds. The van der Waals surface area contributed by atoms with Gasteiger partial charge in [0.1, 0.15) is 11.7 Å². The second kappa shape index (κ2) is 9.36. The Morgan fingerprint density at radius 3 is 1.92 bits per heavy atom. The number of hydrogen-bond donors (Lipinski definition) is 5. The molecule has 1 aromatic rings. The van der Waals surface area contributed by atoms with E-state index in [-0.39, 0.29) is 11.3 Å². The number of nitrogens with one attached hydrogen (secondary N) is 4. The molecule has 0 unspecified atom stereocenters. The van der Waals surface area contributed by atoms with E-state index in [1.807, 2.05) is 0 Å². The number of benzene rings is 1. The first-order chi connectivity index (χ1) is 11.5. The highest BCUT2D eigenvalue weighted by Gasteiger charge is 2.31. The van der Waals surface area contributed by atoms with E-state index in [9.17, 15) is 14.7 Å². The minimum Gasteiger partial charge on any atom is -0.506 e. The number of phenolic OH excluding ortho intramolecular Hbond substituents is 1. The average Bonchev–Trinajstić information content (AvgIpc) is 2.54. The second-order valence-electron chi connectivity index (χ2n) is 5.34. The molecule has 0 radical (unpaired) electrons. The van der Waals surface area contributed by atoms with Crippen molar-refractivity contribution in [3.8, 4) is 5.75 Å². The third kappa shape index (κ3) is 5.17. The largest absolute Gasteiger partial charge is 0.506 e. The quantitative estimate of drug-likeness (QED) is 0.388. The van der Waals surface area contributed by atoms with Crippen LogP contribution >= 0.6 is 31.9 Å². The van der Waals surface area contributed by atoms with Crippen LogP contribution in [-0.2, 0) is 9.59 Å². The lowest BCUT2D eigenvalue weighted by Crippen LogP contribution is -2.42. The number of rotatable bonds is 1. The van der Waals surface area contributed by atoms with Gasteiger partial charge in [0, 0.05) is 49.3 Å². The van der Waals surface area contributed by atoms with Gasteiger partial charge in [-0.15, -0.1) is 0 Å². The van der Waals surface area contributed by atoms with E-state index in [2.05, 4.69) is 53.1 Å². The smallest absolute Gasteiger partial charge is 0.237 e. The van der Waals surface area contributed by atoms with E-state index in [0.29, 0.717) is 35.1 Å². The van der Waals surface area contributed by atoms with Crippen LogP contribution in [0.15, 0.2) is 21.1 Å². The molecule has 1 heterocycles. The Hall–Kier alpha value is -1.16. The van der Waals surface area contributed by atoms with E-state index < -0.39 is 17.7 Å². The summed E-state index contributed by atoms with van der Waals surface area (Å²) in [5.41, 5.74) is 0.252. The molecule has 0 aliphatic carbocycles. The SMILES string of the molecule is O=C1NCCNCCNCCNC(=O)C1c1cc(Br)cc(Br)c1O. The van der Waals surface area contributed by atoms with E-state index >= 15 is 0 Å². The van der Waals surface area contributed by atoms with Crippen molar-refractivity contribution < 1.29 is 14.7 Å². The summed E-state index contributed by atoms with van der Waals surface area (Å²) < 4.78 is 1.08. The van der Waals surface area contributed by atoms with E-state index in [0.717, 1.165) is 13.1 Å². The molecule has 0 saturated carbocycles. The number of aromatic hydroxyl groups is 1. The lowest BCUT2D eigenvalue weighted by Gasteiger charge is -2.19. The van der Waals surface area contributed by atoms with Crippen LogP contribution in [0.1, 0.15) is 11.5 Å². The Bertz CT molecular complexity index is 589. The summed E-state index contributed by atoms with van der Waals surface area (Å²) in [5.74, 6) is -2.13. The second-order valence-corrected chi connectivity index (χ2v) is 7.11. The molecule has 0 atom stereocenters. The van der Waals surface area contributed by atoms with Gasteiger partial charge in [0.25, 0.3) is 0 Å². The first-order valence-corrected chi connectivity index (χ1v) is 9.24. The summed E-state index contributed by atoms with van der Waals surface area (Å²) in [6.45, 7) is 3.59.